The van der Waals surface area contributed by atoms with Crippen molar-refractivity contribution in [3.8, 4) is 0 Å². The van der Waals surface area contributed by atoms with Gasteiger partial charge in [0.15, 0.2) is 4.34 Å². The second-order valence-corrected chi connectivity index (χ2v) is 7.73. The maximum atomic E-state index is 12.2. The zero-order chi connectivity index (χ0) is 17.1. The summed E-state index contributed by atoms with van der Waals surface area (Å²) in [5.41, 5.74) is 0.487. The van der Waals surface area contributed by atoms with Crippen LogP contribution in [0.5, 0.6) is 0 Å². The Morgan fingerprint density at radius 3 is 2.75 bits per heavy atom. The van der Waals surface area contributed by atoms with Gasteiger partial charge in [0.1, 0.15) is 11.5 Å². The number of anilines is 1. The van der Waals surface area contributed by atoms with Gasteiger partial charge in [-0.2, -0.15) is 0 Å². The molecule has 128 valence electrons. The summed E-state index contributed by atoms with van der Waals surface area (Å²) in [6.07, 6.45) is 2.16. The average molecular weight is 366 g/mol. The summed E-state index contributed by atoms with van der Waals surface area (Å²) < 4.78 is 6.02. The summed E-state index contributed by atoms with van der Waals surface area (Å²) in [7, 11) is 0. The van der Waals surface area contributed by atoms with Crippen molar-refractivity contribution in [3.05, 3.63) is 23.2 Å². The van der Waals surface area contributed by atoms with Gasteiger partial charge in [-0.05, 0) is 32.8 Å². The molecular formula is C15H18N4O3S2. The standard InChI is InChI=1S/C15H18N4O3S2/c1-9-7-11(10(2)22-9)13(21)16-14-17-18-15(24-14)23-8-12(20)19-5-3-4-6-19/h7H,3-6,8H2,1-2H3,(H,16,17,21). The van der Waals surface area contributed by atoms with Crippen LogP contribution in [0.25, 0.3) is 0 Å². The number of hydrogen-bond acceptors (Lipinski definition) is 7. The number of nitrogens with one attached hydrogen (secondary N) is 1. The first-order chi connectivity index (χ1) is 11.5. The molecule has 0 aliphatic carbocycles. The summed E-state index contributed by atoms with van der Waals surface area (Å²) in [5.74, 6) is 1.46. The molecule has 2 aromatic rings. The van der Waals surface area contributed by atoms with Crippen LogP contribution < -0.4 is 5.32 Å². The second kappa shape index (κ2) is 7.35. The van der Waals surface area contributed by atoms with Crippen LogP contribution in [-0.4, -0.2) is 45.8 Å². The van der Waals surface area contributed by atoms with Crippen LogP contribution in [0.2, 0.25) is 0 Å². The Hall–Kier alpha value is -1.87. The third-order valence-electron chi connectivity index (χ3n) is 3.69. The zero-order valence-corrected chi connectivity index (χ0v) is 15.1. The molecule has 1 N–H and O–H groups in total. The number of thioether (sulfide) groups is 1. The van der Waals surface area contributed by atoms with Crippen molar-refractivity contribution in [1.29, 1.82) is 0 Å². The van der Waals surface area contributed by atoms with Crippen LogP contribution in [0.3, 0.4) is 0 Å². The molecular weight excluding hydrogens is 348 g/mol. The first-order valence-electron chi connectivity index (χ1n) is 7.65. The molecule has 2 amide bonds. The predicted octanol–water partition coefficient (Wildman–Crippen LogP) is 2.71. The molecule has 0 bridgehead atoms. The largest absolute Gasteiger partial charge is 0.466 e. The highest BCUT2D eigenvalue weighted by Gasteiger charge is 2.19. The molecule has 3 heterocycles. The molecule has 3 rings (SSSR count). The summed E-state index contributed by atoms with van der Waals surface area (Å²) in [5, 5.41) is 11.1. The lowest BCUT2D eigenvalue weighted by Crippen LogP contribution is -2.29. The predicted molar refractivity (Wildman–Crippen MR) is 92.6 cm³/mol. The van der Waals surface area contributed by atoms with E-state index in [0.717, 1.165) is 25.9 Å². The molecule has 0 unspecified atom stereocenters. The van der Waals surface area contributed by atoms with Gasteiger partial charge in [-0.25, -0.2) is 0 Å². The molecule has 2 aromatic heterocycles. The van der Waals surface area contributed by atoms with Crippen molar-refractivity contribution >= 4 is 40.0 Å². The number of furan rings is 1. The Morgan fingerprint density at radius 2 is 2.08 bits per heavy atom. The summed E-state index contributed by atoms with van der Waals surface area (Å²) in [4.78, 5) is 26.1. The molecule has 9 heteroatoms. The van der Waals surface area contributed by atoms with Gasteiger partial charge in [0.25, 0.3) is 5.91 Å². The quantitative estimate of drug-likeness (QED) is 0.646. The van der Waals surface area contributed by atoms with Crippen molar-refractivity contribution in [2.24, 2.45) is 0 Å². The zero-order valence-electron chi connectivity index (χ0n) is 13.5. The first kappa shape index (κ1) is 17.0. The van der Waals surface area contributed by atoms with E-state index in [9.17, 15) is 9.59 Å². The number of aryl methyl sites for hydroxylation is 2. The Labute approximate surface area is 147 Å². The van der Waals surface area contributed by atoms with Crippen molar-refractivity contribution in [2.75, 3.05) is 24.2 Å². The lowest BCUT2D eigenvalue weighted by Gasteiger charge is -2.13. The molecule has 0 spiro atoms. The highest BCUT2D eigenvalue weighted by molar-refractivity contribution is 8.01. The number of likely N-dealkylation sites (tertiary alicyclic amines) is 1. The second-order valence-electron chi connectivity index (χ2n) is 5.53. The van der Waals surface area contributed by atoms with Gasteiger partial charge >= 0.3 is 0 Å². The Bertz CT molecular complexity index is 750. The highest BCUT2D eigenvalue weighted by atomic mass is 32.2. The summed E-state index contributed by atoms with van der Waals surface area (Å²) in [6, 6.07) is 1.69. The van der Waals surface area contributed by atoms with Crippen molar-refractivity contribution < 1.29 is 14.0 Å². The Morgan fingerprint density at radius 1 is 1.33 bits per heavy atom. The Balaban J connectivity index is 1.54. The SMILES string of the molecule is Cc1cc(C(=O)Nc2nnc(SCC(=O)N3CCCC3)s2)c(C)o1. The third-order valence-corrected chi connectivity index (χ3v) is 5.65. The fraction of sp³-hybridized carbons (Fsp3) is 0.467. The van der Waals surface area contributed by atoms with Gasteiger partial charge in [-0.15, -0.1) is 10.2 Å². The highest BCUT2D eigenvalue weighted by Crippen LogP contribution is 2.27. The van der Waals surface area contributed by atoms with E-state index in [1.165, 1.54) is 23.1 Å². The monoisotopic (exact) mass is 366 g/mol. The van der Waals surface area contributed by atoms with E-state index in [1.807, 2.05) is 4.90 Å². The fourth-order valence-electron chi connectivity index (χ4n) is 2.52. The number of rotatable bonds is 5. The van der Waals surface area contributed by atoms with E-state index in [1.54, 1.807) is 19.9 Å². The minimum Gasteiger partial charge on any atom is -0.466 e. The van der Waals surface area contributed by atoms with E-state index in [2.05, 4.69) is 15.5 Å². The van der Waals surface area contributed by atoms with Crippen LogP contribution in [0.4, 0.5) is 5.13 Å². The molecule has 0 aromatic carbocycles. The van der Waals surface area contributed by atoms with Gasteiger partial charge in [-0.1, -0.05) is 23.1 Å². The molecule has 1 fully saturated rings. The van der Waals surface area contributed by atoms with Crippen LogP contribution >= 0.6 is 23.1 Å². The average Bonchev–Trinajstić information content (AvgIpc) is 3.26. The molecule has 0 saturated carbocycles. The minimum atomic E-state index is -0.273. The van der Waals surface area contributed by atoms with E-state index >= 15 is 0 Å². The molecule has 0 atom stereocenters. The van der Waals surface area contributed by atoms with Crippen molar-refractivity contribution in [3.63, 3.8) is 0 Å². The minimum absolute atomic E-state index is 0.128. The van der Waals surface area contributed by atoms with Crippen LogP contribution in [-0.2, 0) is 4.79 Å². The van der Waals surface area contributed by atoms with Crippen LogP contribution in [0.15, 0.2) is 14.8 Å². The van der Waals surface area contributed by atoms with Gasteiger partial charge in [-0.3, -0.25) is 14.9 Å². The number of carbonyl (C=O) groups excluding carboxylic acids is 2. The maximum absolute atomic E-state index is 12.2. The lowest BCUT2D eigenvalue weighted by atomic mass is 10.2. The van der Waals surface area contributed by atoms with Crippen molar-refractivity contribution in [2.45, 2.75) is 31.0 Å². The van der Waals surface area contributed by atoms with Crippen LogP contribution in [0, 0.1) is 13.8 Å². The maximum Gasteiger partial charge on any atom is 0.261 e. The van der Waals surface area contributed by atoms with E-state index < -0.39 is 0 Å². The fourth-order valence-corrected chi connectivity index (χ4v) is 4.17. The lowest BCUT2D eigenvalue weighted by molar-refractivity contribution is -0.127. The van der Waals surface area contributed by atoms with Crippen molar-refractivity contribution in [1.82, 2.24) is 15.1 Å². The van der Waals surface area contributed by atoms with Gasteiger partial charge in [0, 0.05) is 13.1 Å². The molecule has 0 radical (unpaired) electrons. The topological polar surface area (TPSA) is 88.3 Å². The van der Waals surface area contributed by atoms with Gasteiger partial charge in [0.2, 0.25) is 11.0 Å². The Kier molecular flexibility index (Phi) is 5.20. The number of nitrogens with zero attached hydrogens (tertiary/aromatic N) is 3. The van der Waals surface area contributed by atoms with E-state index in [4.69, 9.17) is 4.42 Å². The van der Waals surface area contributed by atoms with E-state index in [0.29, 0.717) is 32.3 Å². The molecule has 24 heavy (non-hydrogen) atoms. The smallest absolute Gasteiger partial charge is 0.261 e. The normalized spacial score (nSPS) is 14.2. The van der Waals surface area contributed by atoms with Gasteiger partial charge in [0.05, 0.1) is 11.3 Å². The number of hydrogen-bond donors (Lipinski definition) is 1. The first-order valence-corrected chi connectivity index (χ1v) is 9.45. The number of amides is 2. The summed E-state index contributed by atoms with van der Waals surface area (Å²) in [6.45, 7) is 5.23. The molecule has 7 nitrogen and oxygen atoms in total. The number of carbonyl (C=O) groups is 2. The van der Waals surface area contributed by atoms with E-state index in [-0.39, 0.29) is 11.8 Å². The third kappa shape index (κ3) is 3.96. The molecule has 1 saturated heterocycles. The molecule has 1 aliphatic heterocycles. The van der Waals surface area contributed by atoms with Gasteiger partial charge < -0.3 is 9.32 Å². The molecule has 1 aliphatic rings. The van der Waals surface area contributed by atoms with Crippen LogP contribution in [0.1, 0.15) is 34.7 Å². The number of aromatic nitrogens is 2. The summed E-state index contributed by atoms with van der Waals surface area (Å²) >= 11 is 2.61.